The highest BCUT2D eigenvalue weighted by Crippen LogP contribution is 2.25. The van der Waals surface area contributed by atoms with Gasteiger partial charge in [0.15, 0.2) is 0 Å². The summed E-state index contributed by atoms with van der Waals surface area (Å²) < 4.78 is 39.5. The summed E-state index contributed by atoms with van der Waals surface area (Å²) in [5.41, 5.74) is 0.491. The fourth-order valence-electron chi connectivity index (χ4n) is 2.29. The van der Waals surface area contributed by atoms with Gasteiger partial charge in [0, 0.05) is 12.5 Å². The lowest BCUT2D eigenvalue weighted by atomic mass is 10.1. The fourth-order valence-corrected chi connectivity index (χ4v) is 2.29. The molecule has 1 aromatic rings. The number of benzene rings is 1. The van der Waals surface area contributed by atoms with Crippen molar-refractivity contribution in [1.29, 1.82) is 0 Å². The lowest BCUT2D eigenvalue weighted by Gasteiger charge is -2.17. The minimum atomic E-state index is -2.84. The molecule has 118 valence electrons. The third kappa shape index (κ3) is 4.89. The van der Waals surface area contributed by atoms with E-state index in [9.17, 15) is 18.0 Å². The van der Waals surface area contributed by atoms with Crippen molar-refractivity contribution < 1.29 is 18.0 Å². The Kier molecular flexibility index (Phi) is 6.04. The minimum Gasteiger partial charge on any atom is -0.352 e. The van der Waals surface area contributed by atoms with E-state index in [0.717, 1.165) is 0 Å². The van der Waals surface area contributed by atoms with Crippen LogP contribution < -0.4 is 10.6 Å². The Morgan fingerprint density at radius 3 is 2.71 bits per heavy atom. The van der Waals surface area contributed by atoms with Crippen molar-refractivity contribution in [3.63, 3.8) is 0 Å². The van der Waals surface area contributed by atoms with Crippen LogP contribution in [-0.4, -0.2) is 30.5 Å². The molecule has 2 N–H and O–H groups in total. The average Bonchev–Trinajstić information content (AvgIpc) is 2.73. The molecule has 0 saturated carbocycles. The van der Waals surface area contributed by atoms with Gasteiger partial charge in [0.1, 0.15) is 5.82 Å². The maximum Gasteiger partial charge on any atom is 0.262 e. The molecule has 0 aromatic heterocycles. The topological polar surface area (TPSA) is 41.1 Å². The largest absolute Gasteiger partial charge is 0.352 e. The first-order chi connectivity index (χ1) is 9.37. The van der Waals surface area contributed by atoms with E-state index in [2.05, 4.69) is 10.6 Å². The number of rotatable bonds is 4. The number of carbonyl (C=O) groups is 1. The third-order valence-corrected chi connectivity index (χ3v) is 3.30. The second-order valence-corrected chi connectivity index (χ2v) is 5.20. The zero-order valence-corrected chi connectivity index (χ0v) is 12.4. The van der Waals surface area contributed by atoms with Gasteiger partial charge >= 0.3 is 0 Å². The van der Waals surface area contributed by atoms with Gasteiger partial charge in [-0.1, -0.05) is 18.2 Å². The quantitative estimate of drug-likeness (QED) is 0.893. The highest BCUT2D eigenvalue weighted by molar-refractivity contribution is 5.85. The number of amides is 1. The second kappa shape index (κ2) is 7.13. The van der Waals surface area contributed by atoms with Gasteiger partial charge in [0.05, 0.1) is 12.6 Å². The SMILES string of the molecule is CC(Cc1ccccc1F)NC(=O)C1CC(F)(F)CN1.Cl. The summed E-state index contributed by atoms with van der Waals surface area (Å²) >= 11 is 0. The van der Waals surface area contributed by atoms with E-state index in [-0.39, 0.29) is 24.3 Å². The normalized spacial score (nSPS) is 21.4. The highest BCUT2D eigenvalue weighted by Gasteiger charge is 2.42. The molecule has 2 unspecified atom stereocenters. The van der Waals surface area contributed by atoms with Crippen molar-refractivity contribution in [3.8, 4) is 0 Å². The summed E-state index contributed by atoms with van der Waals surface area (Å²) in [6.07, 6.45) is -0.174. The Morgan fingerprint density at radius 2 is 2.14 bits per heavy atom. The molecule has 0 radical (unpaired) electrons. The van der Waals surface area contributed by atoms with Crippen LogP contribution in [0.2, 0.25) is 0 Å². The number of hydrogen-bond acceptors (Lipinski definition) is 2. The molecule has 0 aliphatic carbocycles. The first kappa shape index (κ1) is 17.8. The predicted octanol–water partition coefficient (Wildman–Crippen LogP) is 2.29. The van der Waals surface area contributed by atoms with E-state index in [4.69, 9.17) is 0 Å². The molecular formula is C14H18ClF3N2O. The fraction of sp³-hybridized carbons (Fsp3) is 0.500. The number of alkyl halides is 2. The van der Waals surface area contributed by atoms with E-state index in [1.807, 2.05) is 0 Å². The van der Waals surface area contributed by atoms with E-state index < -0.39 is 30.8 Å². The number of nitrogens with one attached hydrogen (secondary N) is 2. The molecule has 21 heavy (non-hydrogen) atoms. The molecule has 1 heterocycles. The van der Waals surface area contributed by atoms with Crippen LogP contribution in [0.25, 0.3) is 0 Å². The Balaban J connectivity index is 0.00000220. The predicted molar refractivity (Wildman–Crippen MR) is 76.3 cm³/mol. The van der Waals surface area contributed by atoms with Crippen molar-refractivity contribution in [2.75, 3.05) is 6.54 Å². The summed E-state index contributed by atoms with van der Waals surface area (Å²) in [5.74, 6) is -3.64. The van der Waals surface area contributed by atoms with E-state index >= 15 is 0 Å². The summed E-state index contributed by atoms with van der Waals surface area (Å²) in [7, 11) is 0. The van der Waals surface area contributed by atoms with Crippen LogP contribution in [0.3, 0.4) is 0 Å². The van der Waals surface area contributed by atoms with E-state index in [1.165, 1.54) is 6.07 Å². The standard InChI is InChI=1S/C14H17F3N2O.ClH/c1-9(6-10-4-2-3-5-11(10)15)19-13(20)12-7-14(16,17)8-18-12;/h2-5,9,12,18H,6-8H2,1H3,(H,19,20);1H. The monoisotopic (exact) mass is 322 g/mol. The van der Waals surface area contributed by atoms with Gasteiger partial charge in [-0.25, -0.2) is 13.2 Å². The zero-order valence-electron chi connectivity index (χ0n) is 11.5. The molecule has 1 aliphatic rings. The van der Waals surface area contributed by atoms with Gasteiger partial charge in [-0.05, 0) is 25.0 Å². The van der Waals surface area contributed by atoms with Crippen molar-refractivity contribution in [2.24, 2.45) is 0 Å². The maximum atomic E-state index is 13.5. The third-order valence-electron chi connectivity index (χ3n) is 3.30. The maximum absolute atomic E-state index is 13.5. The summed E-state index contributed by atoms with van der Waals surface area (Å²) in [5, 5.41) is 5.12. The molecule has 2 rings (SSSR count). The molecule has 7 heteroatoms. The van der Waals surface area contributed by atoms with E-state index in [1.54, 1.807) is 25.1 Å². The highest BCUT2D eigenvalue weighted by atomic mass is 35.5. The molecule has 0 bridgehead atoms. The smallest absolute Gasteiger partial charge is 0.262 e. The number of halogens is 4. The molecule has 0 spiro atoms. The first-order valence-electron chi connectivity index (χ1n) is 6.52. The van der Waals surface area contributed by atoms with Crippen LogP contribution in [-0.2, 0) is 11.2 Å². The first-order valence-corrected chi connectivity index (χ1v) is 6.52. The summed E-state index contributed by atoms with van der Waals surface area (Å²) in [6, 6.07) is 5.09. The van der Waals surface area contributed by atoms with Crippen molar-refractivity contribution in [1.82, 2.24) is 10.6 Å². The van der Waals surface area contributed by atoms with Crippen molar-refractivity contribution in [3.05, 3.63) is 35.6 Å². The van der Waals surface area contributed by atoms with Gasteiger partial charge in [0.2, 0.25) is 5.91 Å². The molecule has 1 aliphatic heterocycles. The molecule has 1 aromatic carbocycles. The zero-order chi connectivity index (χ0) is 14.8. The van der Waals surface area contributed by atoms with Crippen molar-refractivity contribution >= 4 is 18.3 Å². The number of hydrogen-bond donors (Lipinski definition) is 2. The molecule has 2 atom stereocenters. The molecule has 1 saturated heterocycles. The van der Waals surface area contributed by atoms with Gasteiger partial charge < -0.3 is 5.32 Å². The lowest BCUT2D eigenvalue weighted by molar-refractivity contribution is -0.124. The van der Waals surface area contributed by atoms with Gasteiger partial charge in [-0.15, -0.1) is 12.4 Å². The average molecular weight is 323 g/mol. The molecule has 1 amide bonds. The van der Waals surface area contributed by atoms with Crippen molar-refractivity contribution in [2.45, 2.75) is 37.8 Å². The lowest BCUT2D eigenvalue weighted by Crippen LogP contribution is -2.44. The van der Waals surface area contributed by atoms with Crippen LogP contribution >= 0.6 is 12.4 Å². The van der Waals surface area contributed by atoms with Crippen LogP contribution in [0, 0.1) is 5.82 Å². The summed E-state index contributed by atoms with van der Waals surface area (Å²) in [4.78, 5) is 11.8. The van der Waals surface area contributed by atoms with Crippen LogP contribution in [0.15, 0.2) is 24.3 Å². The number of carbonyl (C=O) groups excluding carboxylic acids is 1. The Morgan fingerprint density at radius 1 is 1.48 bits per heavy atom. The molecular weight excluding hydrogens is 305 g/mol. The van der Waals surface area contributed by atoms with Gasteiger partial charge in [0.25, 0.3) is 5.92 Å². The van der Waals surface area contributed by atoms with Gasteiger partial charge in [-0.3, -0.25) is 10.1 Å². The van der Waals surface area contributed by atoms with Crippen LogP contribution in [0.4, 0.5) is 13.2 Å². The second-order valence-electron chi connectivity index (χ2n) is 5.20. The Labute approximate surface area is 127 Å². The molecule has 3 nitrogen and oxygen atoms in total. The molecule has 1 fully saturated rings. The van der Waals surface area contributed by atoms with Gasteiger partial charge in [-0.2, -0.15) is 0 Å². The van der Waals surface area contributed by atoms with Crippen LogP contribution in [0.1, 0.15) is 18.9 Å². The minimum absolute atomic E-state index is 0. The van der Waals surface area contributed by atoms with E-state index in [0.29, 0.717) is 12.0 Å². The van der Waals surface area contributed by atoms with Crippen LogP contribution in [0.5, 0.6) is 0 Å². The Bertz CT molecular complexity index is 499. The Hall–Kier alpha value is -1.27. The summed E-state index contributed by atoms with van der Waals surface area (Å²) in [6.45, 7) is 1.24.